The number of amides is 1. The van der Waals surface area contributed by atoms with Crippen molar-refractivity contribution in [2.75, 3.05) is 6.54 Å². The van der Waals surface area contributed by atoms with Gasteiger partial charge in [0.1, 0.15) is 5.82 Å². The van der Waals surface area contributed by atoms with Gasteiger partial charge in [-0.05, 0) is 25.0 Å². The number of rotatable bonds is 4. The third kappa shape index (κ3) is 3.19. The Labute approximate surface area is 111 Å². The van der Waals surface area contributed by atoms with Crippen molar-refractivity contribution in [3.8, 4) is 0 Å². The van der Waals surface area contributed by atoms with Gasteiger partial charge >= 0.3 is 0 Å². The van der Waals surface area contributed by atoms with Gasteiger partial charge in [-0.15, -0.1) is 0 Å². The highest BCUT2D eigenvalue weighted by Gasteiger charge is 2.12. The van der Waals surface area contributed by atoms with E-state index in [-0.39, 0.29) is 11.7 Å². The van der Waals surface area contributed by atoms with E-state index in [1.807, 2.05) is 6.92 Å². The summed E-state index contributed by atoms with van der Waals surface area (Å²) in [5.74, 6) is -0.472. The molecular weight excluding hydrogens is 245 g/mol. The molecule has 0 radical (unpaired) electrons. The van der Waals surface area contributed by atoms with Crippen LogP contribution in [0, 0.1) is 12.7 Å². The van der Waals surface area contributed by atoms with Crippen molar-refractivity contribution < 1.29 is 9.18 Å². The summed E-state index contributed by atoms with van der Waals surface area (Å²) in [5, 5.41) is 6.83. The van der Waals surface area contributed by atoms with Crippen molar-refractivity contribution >= 4 is 5.91 Å². The smallest absolute Gasteiger partial charge is 0.272 e. The number of carbonyl (C=O) groups excluding carboxylic acids is 1. The summed E-state index contributed by atoms with van der Waals surface area (Å²) in [6.45, 7) is 2.22. The fraction of sp³-hybridized carbons (Fsp3) is 0.286. The number of carbonyl (C=O) groups is 1. The highest BCUT2D eigenvalue weighted by molar-refractivity contribution is 5.93. The van der Waals surface area contributed by atoms with Crippen LogP contribution in [-0.2, 0) is 13.5 Å². The second-order valence-corrected chi connectivity index (χ2v) is 4.43. The van der Waals surface area contributed by atoms with Crippen molar-refractivity contribution in [3.05, 3.63) is 53.1 Å². The normalized spacial score (nSPS) is 10.5. The molecule has 1 heterocycles. The predicted octanol–water partition coefficient (Wildman–Crippen LogP) is 1.84. The molecule has 5 heteroatoms. The SMILES string of the molecule is Cc1cn(C)nc1C(=O)NCCc1ccccc1F. The van der Waals surface area contributed by atoms with Crippen LogP contribution in [0.3, 0.4) is 0 Å². The maximum absolute atomic E-state index is 13.4. The average molecular weight is 261 g/mol. The number of hydrogen-bond donors (Lipinski definition) is 1. The summed E-state index contributed by atoms with van der Waals surface area (Å²) in [4.78, 5) is 11.9. The van der Waals surface area contributed by atoms with Crippen LogP contribution < -0.4 is 5.32 Å². The maximum atomic E-state index is 13.4. The third-order valence-electron chi connectivity index (χ3n) is 2.86. The largest absolute Gasteiger partial charge is 0.350 e. The number of hydrogen-bond acceptors (Lipinski definition) is 2. The van der Waals surface area contributed by atoms with Gasteiger partial charge in [-0.3, -0.25) is 9.48 Å². The Kier molecular flexibility index (Phi) is 3.94. The minimum Gasteiger partial charge on any atom is -0.350 e. The number of nitrogens with one attached hydrogen (secondary N) is 1. The second-order valence-electron chi connectivity index (χ2n) is 4.43. The van der Waals surface area contributed by atoms with Gasteiger partial charge in [0.15, 0.2) is 5.69 Å². The molecule has 0 spiro atoms. The molecule has 0 unspecified atom stereocenters. The molecule has 19 heavy (non-hydrogen) atoms. The lowest BCUT2D eigenvalue weighted by molar-refractivity contribution is 0.0947. The van der Waals surface area contributed by atoms with Crippen LogP contribution in [0.15, 0.2) is 30.5 Å². The van der Waals surface area contributed by atoms with Crippen LogP contribution in [0.1, 0.15) is 21.6 Å². The first kappa shape index (κ1) is 13.3. The van der Waals surface area contributed by atoms with E-state index in [4.69, 9.17) is 0 Å². The van der Waals surface area contributed by atoms with E-state index in [0.29, 0.717) is 24.2 Å². The fourth-order valence-corrected chi connectivity index (χ4v) is 1.93. The molecular formula is C14H16FN3O. The Morgan fingerprint density at radius 3 is 2.79 bits per heavy atom. The monoisotopic (exact) mass is 261 g/mol. The van der Waals surface area contributed by atoms with E-state index in [1.165, 1.54) is 6.07 Å². The maximum Gasteiger partial charge on any atom is 0.272 e. The predicted molar refractivity (Wildman–Crippen MR) is 70.4 cm³/mol. The zero-order chi connectivity index (χ0) is 13.8. The highest BCUT2D eigenvalue weighted by atomic mass is 19.1. The molecule has 0 bridgehead atoms. The third-order valence-corrected chi connectivity index (χ3v) is 2.86. The second kappa shape index (κ2) is 5.65. The van der Waals surface area contributed by atoms with Gasteiger partial charge < -0.3 is 5.32 Å². The topological polar surface area (TPSA) is 46.9 Å². The van der Waals surface area contributed by atoms with E-state index in [2.05, 4.69) is 10.4 Å². The molecule has 0 fully saturated rings. The summed E-state index contributed by atoms with van der Waals surface area (Å²) >= 11 is 0. The zero-order valence-corrected chi connectivity index (χ0v) is 11.0. The van der Waals surface area contributed by atoms with Crippen molar-refractivity contribution in [3.63, 3.8) is 0 Å². The molecule has 0 aliphatic heterocycles. The summed E-state index contributed by atoms with van der Waals surface area (Å²) in [6, 6.07) is 6.56. The van der Waals surface area contributed by atoms with Gasteiger partial charge in [-0.1, -0.05) is 18.2 Å². The van der Waals surface area contributed by atoms with Crippen LogP contribution in [0.2, 0.25) is 0 Å². The Balaban J connectivity index is 1.91. The first-order valence-electron chi connectivity index (χ1n) is 6.10. The minimum absolute atomic E-state index is 0.227. The van der Waals surface area contributed by atoms with Gasteiger partial charge in [0.25, 0.3) is 5.91 Å². The van der Waals surface area contributed by atoms with Crippen molar-refractivity contribution in [1.82, 2.24) is 15.1 Å². The summed E-state index contributed by atoms with van der Waals surface area (Å²) in [5.41, 5.74) is 1.84. The standard InChI is InChI=1S/C14H16FN3O/c1-10-9-18(2)17-13(10)14(19)16-8-7-11-5-3-4-6-12(11)15/h3-6,9H,7-8H2,1-2H3,(H,16,19). The Morgan fingerprint density at radius 1 is 1.42 bits per heavy atom. The van der Waals surface area contributed by atoms with Gasteiger partial charge in [0, 0.05) is 25.4 Å². The highest BCUT2D eigenvalue weighted by Crippen LogP contribution is 2.07. The molecule has 1 amide bonds. The van der Waals surface area contributed by atoms with E-state index >= 15 is 0 Å². The van der Waals surface area contributed by atoms with Crippen molar-refractivity contribution in [2.45, 2.75) is 13.3 Å². The number of nitrogens with zero attached hydrogens (tertiary/aromatic N) is 2. The number of aromatic nitrogens is 2. The Hall–Kier alpha value is -2.17. The molecule has 1 N–H and O–H groups in total. The van der Waals surface area contributed by atoms with Crippen LogP contribution in [0.5, 0.6) is 0 Å². The molecule has 0 saturated carbocycles. The van der Waals surface area contributed by atoms with Crippen molar-refractivity contribution in [1.29, 1.82) is 0 Å². The molecule has 2 aromatic rings. The van der Waals surface area contributed by atoms with Gasteiger partial charge in [0.2, 0.25) is 0 Å². The molecule has 100 valence electrons. The number of aryl methyl sites for hydroxylation is 2. The summed E-state index contributed by atoms with van der Waals surface area (Å²) in [7, 11) is 1.77. The van der Waals surface area contributed by atoms with Crippen molar-refractivity contribution in [2.24, 2.45) is 7.05 Å². The van der Waals surface area contributed by atoms with Crippen LogP contribution in [0.25, 0.3) is 0 Å². The van der Waals surface area contributed by atoms with Gasteiger partial charge in [-0.25, -0.2) is 4.39 Å². The van der Waals surface area contributed by atoms with Crippen LogP contribution in [0.4, 0.5) is 4.39 Å². The number of halogens is 1. The minimum atomic E-state index is -0.245. The van der Waals surface area contributed by atoms with Gasteiger partial charge in [0.05, 0.1) is 0 Å². The Morgan fingerprint density at radius 2 is 2.16 bits per heavy atom. The molecule has 1 aromatic heterocycles. The molecule has 0 atom stereocenters. The lowest BCUT2D eigenvalue weighted by Gasteiger charge is -2.05. The molecule has 0 aliphatic rings. The lowest BCUT2D eigenvalue weighted by atomic mass is 10.1. The Bertz CT molecular complexity index is 592. The van der Waals surface area contributed by atoms with E-state index in [9.17, 15) is 9.18 Å². The van der Waals surface area contributed by atoms with E-state index in [0.717, 1.165) is 5.56 Å². The van der Waals surface area contributed by atoms with Crippen LogP contribution >= 0.6 is 0 Å². The van der Waals surface area contributed by atoms with E-state index < -0.39 is 0 Å². The molecule has 0 aliphatic carbocycles. The van der Waals surface area contributed by atoms with Crippen LogP contribution in [-0.4, -0.2) is 22.2 Å². The van der Waals surface area contributed by atoms with Gasteiger partial charge in [-0.2, -0.15) is 5.10 Å². The fourth-order valence-electron chi connectivity index (χ4n) is 1.93. The molecule has 1 aromatic carbocycles. The average Bonchev–Trinajstić information content (AvgIpc) is 2.71. The first-order chi connectivity index (χ1) is 9.08. The molecule has 2 rings (SSSR count). The molecule has 0 saturated heterocycles. The quantitative estimate of drug-likeness (QED) is 0.913. The summed E-state index contributed by atoms with van der Waals surface area (Å²) in [6.07, 6.45) is 2.25. The lowest BCUT2D eigenvalue weighted by Crippen LogP contribution is -2.27. The van der Waals surface area contributed by atoms with E-state index in [1.54, 1.807) is 36.1 Å². The molecule has 4 nitrogen and oxygen atoms in total. The summed E-state index contributed by atoms with van der Waals surface area (Å²) < 4.78 is 15.0. The zero-order valence-electron chi connectivity index (χ0n) is 11.0. The first-order valence-corrected chi connectivity index (χ1v) is 6.10. The number of benzene rings is 1.